The molecule has 8 heteroatoms. The van der Waals surface area contributed by atoms with E-state index in [4.69, 9.17) is 38.6 Å². The van der Waals surface area contributed by atoms with E-state index in [1.807, 2.05) is 6.92 Å². The normalized spacial score (nSPS) is 13.7. The molecule has 162 valence electrons. The lowest BCUT2D eigenvalue weighted by atomic mass is 10.4. The van der Waals surface area contributed by atoms with Crippen LogP contribution < -0.4 is 0 Å². The van der Waals surface area contributed by atoms with Gasteiger partial charge in [-0.3, -0.25) is 0 Å². The fraction of sp³-hybridized carbons (Fsp3) is 0.789. The average molecular weight is 395 g/mol. The molecule has 0 heterocycles. The Morgan fingerprint density at radius 1 is 0.741 bits per heavy atom. The second kappa shape index (κ2) is 22.9. The molecule has 0 bridgehead atoms. The van der Waals surface area contributed by atoms with Crippen LogP contribution in [0.25, 0.3) is 0 Å². The first-order valence-corrected chi connectivity index (χ1v) is 9.10. The Bertz CT molecular complexity index is 296. The Labute approximate surface area is 163 Å². The Kier molecular flexibility index (Phi) is 23.8. The van der Waals surface area contributed by atoms with Gasteiger partial charge in [0.1, 0.15) is 13.2 Å². The van der Waals surface area contributed by atoms with Crippen molar-refractivity contribution in [1.29, 1.82) is 0 Å². The van der Waals surface area contributed by atoms with Crippen molar-refractivity contribution in [3.63, 3.8) is 0 Å². The number of aliphatic hydroxyl groups is 2. The highest BCUT2D eigenvalue weighted by Gasteiger charge is 2.07. The quantitative estimate of drug-likeness (QED) is 0.267. The number of hydrogen-bond acceptors (Lipinski definition) is 8. The van der Waals surface area contributed by atoms with Crippen molar-refractivity contribution in [3.05, 3.63) is 25.7 Å². The van der Waals surface area contributed by atoms with Crippen LogP contribution in [-0.4, -0.2) is 88.0 Å². The zero-order valence-electron chi connectivity index (χ0n) is 17.0. The minimum Gasteiger partial charge on any atom is -0.499 e. The zero-order chi connectivity index (χ0) is 20.8. The van der Waals surface area contributed by atoms with Gasteiger partial charge in [0, 0.05) is 0 Å². The lowest BCUT2D eigenvalue weighted by molar-refractivity contribution is -0.0620. The maximum atomic E-state index is 8.92. The van der Waals surface area contributed by atoms with Crippen molar-refractivity contribution in [1.82, 2.24) is 0 Å². The van der Waals surface area contributed by atoms with E-state index >= 15 is 0 Å². The van der Waals surface area contributed by atoms with E-state index < -0.39 is 6.10 Å². The molecule has 0 radical (unpaired) electrons. The predicted molar refractivity (Wildman–Crippen MR) is 104 cm³/mol. The Balaban J connectivity index is 0. The lowest BCUT2D eigenvalue weighted by Crippen LogP contribution is -2.24. The van der Waals surface area contributed by atoms with E-state index in [2.05, 4.69) is 13.2 Å². The van der Waals surface area contributed by atoms with Gasteiger partial charge in [-0.1, -0.05) is 13.2 Å². The van der Waals surface area contributed by atoms with E-state index in [-0.39, 0.29) is 18.8 Å². The molecule has 0 aliphatic heterocycles. The van der Waals surface area contributed by atoms with E-state index in [1.54, 1.807) is 13.8 Å². The van der Waals surface area contributed by atoms with Crippen LogP contribution in [0.15, 0.2) is 25.7 Å². The van der Waals surface area contributed by atoms with Crippen molar-refractivity contribution in [3.8, 4) is 0 Å². The van der Waals surface area contributed by atoms with Crippen LogP contribution in [0.1, 0.15) is 20.8 Å². The van der Waals surface area contributed by atoms with Gasteiger partial charge in [0.25, 0.3) is 0 Å². The van der Waals surface area contributed by atoms with Gasteiger partial charge in [0.2, 0.25) is 0 Å². The van der Waals surface area contributed by atoms with Crippen LogP contribution in [0.2, 0.25) is 0 Å². The third kappa shape index (κ3) is 27.2. The Hall–Kier alpha value is -1.16. The van der Waals surface area contributed by atoms with Crippen molar-refractivity contribution in [2.24, 2.45) is 0 Å². The number of hydrogen-bond donors (Lipinski definition) is 2. The van der Waals surface area contributed by atoms with Gasteiger partial charge >= 0.3 is 0 Å². The molecule has 27 heavy (non-hydrogen) atoms. The molecule has 3 atom stereocenters. The third-order valence-corrected chi connectivity index (χ3v) is 2.79. The van der Waals surface area contributed by atoms with Crippen LogP contribution in [0.4, 0.5) is 0 Å². The summed E-state index contributed by atoms with van der Waals surface area (Å²) in [6.07, 6.45) is 2.14. The smallest absolute Gasteiger partial charge is 0.111 e. The lowest BCUT2D eigenvalue weighted by Gasteiger charge is -2.16. The summed E-state index contributed by atoms with van der Waals surface area (Å²) in [5.74, 6) is 0. The molecule has 2 N–H and O–H groups in total. The topological polar surface area (TPSA) is 95.8 Å². The monoisotopic (exact) mass is 394 g/mol. The molecule has 0 aromatic heterocycles. The summed E-state index contributed by atoms with van der Waals surface area (Å²) >= 11 is 0. The van der Waals surface area contributed by atoms with Crippen LogP contribution in [0, 0.1) is 0 Å². The summed E-state index contributed by atoms with van der Waals surface area (Å²) < 4.78 is 30.6. The van der Waals surface area contributed by atoms with E-state index in [9.17, 15) is 0 Å². The maximum Gasteiger partial charge on any atom is 0.111 e. The Morgan fingerprint density at radius 3 is 1.59 bits per heavy atom. The van der Waals surface area contributed by atoms with E-state index in [0.29, 0.717) is 52.9 Å². The third-order valence-electron chi connectivity index (χ3n) is 2.79. The molecule has 3 unspecified atom stereocenters. The minimum absolute atomic E-state index is 0.0170. The largest absolute Gasteiger partial charge is 0.499 e. The summed E-state index contributed by atoms with van der Waals surface area (Å²) in [4.78, 5) is 0. The SMILES string of the molecule is C=COCCOCCOCCOC=C.CC(O)COC(C)COC(C)CO. The van der Waals surface area contributed by atoms with Crippen LogP contribution in [0.5, 0.6) is 0 Å². The Morgan fingerprint density at radius 2 is 1.19 bits per heavy atom. The first kappa shape index (κ1) is 28.1. The van der Waals surface area contributed by atoms with Gasteiger partial charge in [0.15, 0.2) is 0 Å². The van der Waals surface area contributed by atoms with Gasteiger partial charge in [-0.25, -0.2) is 0 Å². The molecular formula is C19H38O8. The summed E-state index contributed by atoms with van der Waals surface area (Å²) in [5.41, 5.74) is 0. The summed E-state index contributed by atoms with van der Waals surface area (Å²) in [7, 11) is 0. The standard InChI is InChI=1S/C10H18O4.C9H20O4/c1-3-11-5-7-13-9-10-14-8-6-12-4-2;1-7(11)5-12-9(3)6-13-8(2)4-10/h3-4H,1-2,5-10H2;7-11H,4-6H2,1-3H3. The summed E-state index contributed by atoms with van der Waals surface area (Å²) in [5, 5.41) is 17.6. The number of rotatable bonds is 18. The number of aliphatic hydroxyl groups excluding tert-OH is 2. The molecule has 0 fully saturated rings. The molecule has 0 amide bonds. The predicted octanol–water partition coefficient (Wildman–Crippen LogP) is 1.51. The molecule has 0 spiro atoms. The number of ether oxygens (including phenoxy) is 6. The molecule has 0 aliphatic rings. The van der Waals surface area contributed by atoms with Crippen molar-refractivity contribution >= 4 is 0 Å². The molecule has 8 nitrogen and oxygen atoms in total. The first-order chi connectivity index (χ1) is 13.0. The van der Waals surface area contributed by atoms with E-state index in [1.165, 1.54) is 12.5 Å². The fourth-order valence-corrected chi connectivity index (χ4v) is 1.41. The highest BCUT2D eigenvalue weighted by Crippen LogP contribution is 1.97. The van der Waals surface area contributed by atoms with Crippen molar-refractivity contribution in [2.75, 3.05) is 59.5 Å². The highest BCUT2D eigenvalue weighted by molar-refractivity contribution is 4.53. The van der Waals surface area contributed by atoms with Gasteiger partial charge < -0.3 is 38.6 Å². The van der Waals surface area contributed by atoms with Gasteiger partial charge in [-0.2, -0.15) is 0 Å². The fourth-order valence-electron chi connectivity index (χ4n) is 1.41. The van der Waals surface area contributed by atoms with Gasteiger partial charge in [-0.05, 0) is 20.8 Å². The summed E-state index contributed by atoms with van der Waals surface area (Å²) in [6.45, 7) is 16.2. The first-order valence-electron chi connectivity index (χ1n) is 9.10. The van der Waals surface area contributed by atoms with Gasteiger partial charge in [-0.15, -0.1) is 0 Å². The van der Waals surface area contributed by atoms with E-state index in [0.717, 1.165) is 0 Å². The molecule has 0 aromatic rings. The van der Waals surface area contributed by atoms with Crippen molar-refractivity contribution < 1.29 is 38.6 Å². The van der Waals surface area contributed by atoms with Crippen molar-refractivity contribution in [2.45, 2.75) is 39.1 Å². The molecular weight excluding hydrogens is 356 g/mol. The van der Waals surface area contributed by atoms with Crippen LogP contribution in [-0.2, 0) is 28.4 Å². The molecule has 0 rings (SSSR count). The zero-order valence-corrected chi connectivity index (χ0v) is 17.0. The summed E-state index contributed by atoms with van der Waals surface area (Å²) in [6, 6.07) is 0. The highest BCUT2D eigenvalue weighted by atomic mass is 16.6. The maximum absolute atomic E-state index is 8.92. The van der Waals surface area contributed by atoms with Crippen LogP contribution in [0.3, 0.4) is 0 Å². The van der Waals surface area contributed by atoms with Crippen LogP contribution >= 0.6 is 0 Å². The van der Waals surface area contributed by atoms with Gasteiger partial charge in [0.05, 0.1) is 77.1 Å². The molecule has 0 aliphatic carbocycles. The average Bonchev–Trinajstić information content (AvgIpc) is 2.66. The second-order valence-corrected chi connectivity index (χ2v) is 5.62. The second-order valence-electron chi connectivity index (χ2n) is 5.62. The molecule has 0 saturated heterocycles. The minimum atomic E-state index is -0.447. The molecule has 0 aromatic carbocycles. The molecule has 0 saturated carbocycles.